The standard InChI is InChI=1S/C23H23F3N4O2/c24-23(25,26)32-20-8-7-18(30-14-28-29-15-30)11-19(20)17-12-22(31-13-17)9-4-10-27-21(22)16-5-2-1-3-6-16/h1-3,5-8,11,14-15,17,21,27H,4,9-10,12-13H2/t17-,21+,22-/m1/s1. The number of benzene rings is 2. The highest BCUT2D eigenvalue weighted by molar-refractivity contribution is 5.47. The van der Waals surface area contributed by atoms with E-state index in [1.807, 2.05) is 18.2 Å². The lowest BCUT2D eigenvalue weighted by molar-refractivity contribution is -0.275. The third-order valence-corrected chi connectivity index (χ3v) is 6.32. The molecule has 0 unspecified atom stereocenters. The predicted molar refractivity (Wildman–Crippen MR) is 111 cm³/mol. The van der Waals surface area contributed by atoms with Crippen LogP contribution in [-0.2, 0) is 4.74 Å². The first-order chi connectivity index (χ1) is 15.4. The van der Waals surface area contributed by atoms with Crippen molar-refractivity contribution in [1.82, 2.24) is 20.1 Å². The Bertz CT molecular complexity index is 1060. The quantitative estimate of drug-likeness (QED) is 0.641. The number of hydrogen-bond donors (Lipinski definition) is 1. The van der Waals surface area contributed by atoms with E-state index in [4.69, 9.17) is 4.74 Å². The van der Waals surface area contributed by atoms with Gasteiger partial charge in [0.1, 0.15) is 18.4 Å². The number of ether oxygens (including phenoxy) is 2. The molecule has 2 aromatic carbocycles. The first-order valence-electron chi connectivity index (χ1n) is 10.6. The van der Waals surface area contributed by atoms with Crippen molar-refractivity contribution in [1.29, 1.82) is 0 Å². The van der Waals surface area contributed by atoms with Crippen molar-refractivity contribution in [2.45, 2.75) is 43.2 Å². The fourth-order valence-electron chi connectivity index (χ4n) is 4.98. The molecule has 5 rings (SSSR count). The van der Waals surface area contributed by atoms with Crippen LogP contribution in [0.2, 0.25) is 0 Å². The summed E-state index contributed by atoms with van der Waals surface area (Å²) in [6.45, 7) is 1.20. The number of piperidine rings is 1. The molecule has 0 aliphatic carbocycles. The van der Waals surface area contributed by atoms with Gasteiger partial charge in [-0.05, 0) is 49.6 Å². The molecule has 2 saturated heterocycles. The van der Waals surface area contributed by atoms with E-state index in [1.54, 1.807) is 16.7 Å². The Hall–Kier alpha value is -2.91. The summed E-state index contributed by atoms with van der Waals surface area (Å²) in [6, 6.07) is 14.7. The van der Waals surface area contributed by atoms with Crippen LogP contribution in [0, 0.1) is 0 Å². The molecule has 0 bridgehead atoms. The molecular formula is C23H23F3N4O2. The second kappa shape index (κ2) is 8.22. The second-order valence-electron chi connectivity index (χ2n) is 8.32. The van der Waals surface area contributed by atoms with Gasteiger partial charge in [0.25, 0.3) is 0 Å². The molecule has 0 saturated carbocycles. The van der Waals surface area contributed by atoms with Gasteiger partial charge in [0.15, 0.2) is 0 Å². The van der Waals surface area contributed by atoms with Gasteiger partial charge in [0, 0.05) is 17.2 Å². The van der Waals surface area contributed by atoms with Gasteiger partial charge in [0.2, 0.25) is 0 Å². The average molecular weight is 444 g/mol. The Labute approximate surface area is 183 Å². The fourth-order valence-corrected chi connectivity index (χ4v) is 4.98. The minimum absolute atomic E-state index is 0.0181. The zero-order chi connectivity index (χ0) is 22.2. The van der Waals surface area contributed by atoms with Crippen LogP contribution in [0.1, 0.15) is 42.3 Å². The molecule has 3 atom stereocenters. The van der Waals surface area contributed by atoms with Gasteiger partial charge in [-0.3, -0.25) is 4.57 Å². The molecule has 2 fully saturated rings. The molecule has 9 heteroatoms. The van der Waals surface area contributed by atoms with Crippen LogP contribution in [0.25, 0.3) is 5.69 Å². The minimum Gasteiger partial charge on any atom is -0.405 e. The van der Waals surface area contributed by atoms with Crippen molar-refractivity contribution in [3.63, 3.8) is 0 Å². The molecule has 0 amide bonds. The zero-order valence-electron chi connectivity index (χ0n) is 17.3. The molecular weight excluding hydrogens is 421 g/mol. The van der Waals surface area contributed by atoms with E-state index < -0.39 is 12.0 Å². The predicted octanol–water partition coefficient (Wildman–Crippen LogP) is 4.53. The lowest BCUT2D eigenvalue weighted by atomic mass is 9.77. The van der Waals surface area contributed by atoms with Crippen molar-refractivity contribution in [3.8, 4) is 11.4 Å². The van der Waals surface area contributed by atoms with E-state index in [2.05, 4.69) is 32.4 Å². The van der Waals surface area contributed by atoms with Gasteiger partial charge in [-0.2, -0.15) is 0 Å². The van der Waals surface area contributed by atoms with Crippen molar-refractivity contribution in [3.05, 3.63) is 72.3 Å². The number of rotatable bonds is 4. The van der Waals surface area contributed by atoms with E-state index in [0.29, 0.717) is 24.3 Å². The van der Waals surface area contributed by atoms with Gasteiger partial charge >= 0.3 is 6.36 Å². The largest absolute Gasteiger partial charge is 0.573 e. The smallest absolute Gasteiger partial charge is 0.405 e. The number of nitrogens with one attached hydrogen (secondary N) is 1. The summed E-state index contributed by atoms with van der Waals surface area (Å²) in [5, 5.41) is 11.1. The summed E-state index contributed by atoms with van der Waals surface area (Å²) in [5.74, 6) is -0.435. The van der Waals surface area contributed by atoms with E-state index in [0.717, 1.165) is 24.9 Å². The molecule has 3 heterocycles. The van der Waals surface area contributed by atoms with E-state index in [9.17, 15) is 13.2 Å². The van der Waals surface area contributed by atoms with Crippen LogP contribution in [-0.4, -0.2) is 39.9 Å². The topological polar surface area (TPSA) is 61.2 Å². The molecule has 1 spiro atoms. The second-order valence-corrected chi connectivity index (χ2v) is 8.32. The van der Waals surface area contributed by atoms with Crippen LogP contribution in [0.5, 0.6) is 5.75 Å². The molecule has 168 valence electrons. The summed E-state index contributed by atoms with van der Waals surface area (Å²) in [4.78, 5) is 0. The van der Waals surface area contributed by atoms with Crippen molar-refractivity contribution < 1.29 is 22.6 Å². The van der Waals surface area contributed by atoms with Crippen LogP contribution < -0.4 is 10.1 Å². The molecule has 3 aromatic rings. The SMILES string of the molecule is FC(F)(F)Oc1ccc(-n2cnnc2)cc1[C@H]1CO[C@]2(CCCN[C@H]2c2ccccc2)C1. The molecule has 1 aromatic heterocycles. The highest BCUT2D eigenvalue weighted by Crippen LogP contribution is 2.50. The number of halogens is 3. The van der Waals surface area contributed by atoms with Crippen LogP contribution >= 0.6 is 0 Å². The Balaban J connectivity index is 1.49. The minimum atomic E-state index is -4.77. The summed E-state index contributed by atoms with van der Waals surface area (Å²) >= 11 is 0. The highest BCUT2D eigenvalue weighted by Gasteiger charge is 2.49. The maximum atomic E-state index is 13.1. The third kappa shape index (κ3) is 4.10. The molecule has 2 aliphatic heterocycles. The van der Waals surface area contributed by atoms with Crippen LogP contribution in [0.4, 0.5) is 13.2 Å². The summed E-state index contributed by atoms with van der Waals surface area (Å²) in [5.41, 5.74) is 1.79. The maximum Gasteiger partial charge on any atom is 0.573 e. The normalized spacial score (nSPS) is 25.8. The average Bonchev–Trinajstić information content (AvgIpc) is 3.45. The van der Waals surface area contributed by atoms with E-state index >= 15 is 0 Å². The van der Waals surface area contributed by atoms with Gasteiger partial charge in [-0.25, -0.2) is 0 Å². The summed E-state index contributed by atoms with van der Waals surface area (Å²) in [6.07, 6.45) is 0.626. The Morgan fingerprint density at radius 2 is 1.88 bits per heavy atom. The number of hydrogen-bond acceptors (Lipinski definition) is 5. The number of alkyl halides is 3. The third-order valence-electron chi connectivity index (χ3n) is 6.32. The molecule has 1 N–H and O–H groups in total. The first-order valence-corrected chi connectivity index (χ1v) is 10.6. The van der Waals surface area contributed by atoms with Crippen molar-refractivity contribution in [2.24, 2.45) is 0 Å². The molecule has 2 aliphatic rings. The Morgan fingerprint density at radius 1 is 1.09 bits per heavy atom. The lowest BCUT2D eigenvalue weighted by Gasteiger charge is -2.41. The van der Waals surface area contributed by atoms with Crippen molar-refractivity contribution >= 4 is 0 Å². The van der Waals surface area contributed by atoms with E-state index in [1.165, 1.54) is 18.7 Å². The van der Waals surface area contributed by atoms with Gasteiger partial charge in [-0.1, -0.05) is 30.3 Å². The maximum absolute atomic E-state index is 13.1. The summed E-state index contributed by atoms with van der Waals surface area (Å²) < 4.78 is 51.8. The van der Waals surface area contributed by atoms with Gasteiger partial charge in [0.05, 0.1) is 18.2 Å². The molecule has 0 radical (unpaired) electrons. The summed E-state index contributed by atoms with van der Waals surface area (Å²) in [7, 11) is 0. The number of aromatic nitrogens is 3. The fraction of sp³-hybridized carbons (Fsp3) is 0.391. The highest BCUT2D eigenvalue weighted by atomic mass is 19.4. The molecule has 6 nitrogen and oxygen atoms in total. The van der Waals surface area contributed by atoms with E-state index in [-0.39, 0.29) is 17.7 Å². The Kier molecular flexibility index (Phi) is 5.38. The molecule has 32 heavy (non-hydrogen) atoms. The zero-order valence-corrected chi connectivity index (χ0v) is 17.3. The first kappa shape index (κ1) is 21.0. The number of nitrogens with zero attached hydrogens (tertiary/aromatic N) is 3. The van der Waals surface area contributed by atoms with Crippen molar-refractivity contribution in [2.75, 3.05) is 13.2 Å². The van der Waals surface area contributed by atoms with Crippen LogP contribution in [0.3, 0.4) is 0 Å². The van der Waals surface area contributed by atoms with Gasteiger partial charge < -0.3 is 14.8 Å². The van der Waals surface area contributed by atoms with Gasteiger partial charge in [-0.15, -0.1) is 23.4 Å². The van der Waals surface area contributed by atoms with Crippen LogP contribution in [0.15, 0.2) is 61.2 Å². The monoisotopic (exact) mass is 444 g/mol. The Morgan fingerprint density at radius 3 is 2.62 bits per heavy atom. The lowest BCUT2D eigenvalue weighted by Crippen LogP contribution is -2.48.